The highest BCUT2D eigenvalue weighted by atomic mass is 28.4. The number of hydrogen-bond donors (Lipinski definition) is 1. The van der Waals surface area contributed by atoms with Gasteiger partial charge in [-0.05, 0) is 72.2 Å². The SMILES string of the molecule is CC(C)(C)[Si](C)(C)Oc1ccc([C@@H]2[C@@H](NC(=O)c3ccccc3)C(=O)N2c2ccc(F)cc2)cc1. The monoisotopic (exact) mass is 490 g/mol. The molecule has 1 aliphatic heterocycles. The van der Waals surface area contributed by atoms with Crippen LogP contribution in [0.25, 0.3) is 0 Å². The fraction of sp³-hybridized carbons (Fsp3) is 0.286. The Kier molecular flexibility index (Phi) is 6.55. The summed E-state index contributed by atoms with van der Waals surface area (Å²) in [7, 11) is -2.00. The highest BCUT2D eigenvalue weighted by Crippen LogP contribution is 2.41. The van der Waals surface area contributed by atoms with Crippen molar-refractivity contribution in [3.63, 3.8) is 0 Å². The van der Waals surface area contributed by atoms with E-state index in [1.165, 1.54) is 12.1 Å². The molecule has 182 valence electrons. The van der Waals surface area contributed by atoms with Crippen LogP contribution in [0.5, 0.6) is 5.75 Å². The summed E-state index contributed by atoms with van der Waals surface area (Å²) < 4.78 is 19.9. The van der Waals surface area contributed by atoms with Gasteiger partial charge in [-0.2, -0.15) is 0 Å². The van der Waals surface area contributed by atoms with Crippen LogP contribution in [0.1, 0.15) is 42.7 Å². The largest absolute Gasteiger partial charge is 0.544 e. The first-order chi connectivity index (χ1) is 16.5. The van der Waals surface area contributed by atoms with Gasteiger partial charge in [-0.1, -0.05) is 51.1 Å². The molecule has 2 amide bonds. The summed E-state index contributed by atoms with van der Waals surface area (Å²) in [6, 6.07) is 21.1. The molecule has 3 aromatic carbocycles. The lowest BCUT2D eigenvalue weighted by Gasteiger charge is -2.47. The number of benzene rings is 3. The summed E-state index contributed by atoms with van der Waals surface area (Å²) in [5.41, 5.74) is 1.92. The molecule has 7 heteroatoms. The van der Waals surface area contributed by atoms with Crippen LogP contribution in [0.2, 0.25) is 18.1 Å². The Morgan fingerprint density at radius 2 is 1.54 bits per heavy atom. The van der Waals surface area contributed by atoms with Gasteiger partial charge < -0.3 is 14.6 Å². The molecule has 1 aliphatic rings. The van der Waals surface area contributed by atoms with E-state index in [2.05, 4.69) is 39.2 Å². The zero-order valence-electron chi connectivity index (χ0n) is 20.7. The molecule has 2 atom stereocenters. The van der Waals surface area contributed by atoms with Gasteiger partial charge in [0.2, 0.25) is 8.32 Å². The van der Waals surface area contributed by atoms with E-state index >= 15 is 0 Å². The smallest absolute Gasteiger partial charge is 0.252 e. The first-order valence-corrected chi connectivity index (χ1v) is 14.6. The number of carbonyl (C=O) groups excluding carboxylic acids is 2. The number of halogens is 1. The second-order valence-electron chi connectivity index (χ2n) is 10.4. The van der Waals surface area contributed by atoms with Crippen molar-refractivity contribution < 1.29 is 18.4 Å². The van der Waals surface area contributed by atoms with Gasteiger partial charge in [0, 0.05) is 11.3 Å². The van der Waals surface area contributed by atoms with E-state index in [-0.39, 0.29) is 22.7 Å². The molecule has 0 saturated carbocycles. The Bertz CT molecular complexity index is 1210. The first-order valence-electron chi connectivity index (χ1n) is 11.7. The average Bonchev–Trinajstić information content (AvgIpc) is 2.82. The lowest BCUT2D eigenvalue weighted by atomic mass is 9.87. The molecule has 35 heavy (non-hydrogen) atoms. The zero-order chi connectivity index (χ0) is 25.4. The van der Waals surface area contributed by atoms with Gasteiger partial charge in [0.15, 0.2) is 0 Å². The van der Waals surface area contributed by atoms with Crippen molar-refractivity contribution in [3.05, 3.63) is 95.8 Å². The van der Waals surface area contributed by atoms with E-state index in [0.717, 1.165) is 11.3 Å². The lowest BCUT2D eigenvalue weighted by molar-refractivity contribution is -0.127. The quantitative estimate of drug-likeness (QED) is 0.336. The average molecular weight is 491 g/mol. The van der Waals surface area contributed by atoms with Gasteiger partial charge in [0.25, 0.3) is 11.8 Å². The molecule has 0 aliphatic carbocycles. The maximum Gasteiger partial charge on any atom is 0.252 e. The molecular formula is C28H31FN2O3Si. The number of nitrogens with zero attached hydrogens (tertiary/aromatic N) is 1. The second-order valence-corrected chi connectivity index (χ2v) is 15.1. The van der Waals surface area contributed by atoms with Gasteiger partial charge in [0.1, 0.15) is 17.6 Å². The van der Waals surface area contributed by atoms with Gasteiger partial charge in [-0.3, -0.25) is 9.59 Å². The topological polar surface area (TPSA) is 58.6 Å². The predicted molar refractivity (Wildman–Crippen MR) is 139 cm³/mol. The Morgan fingerprint density at radius 1 is 0.943 bits per heavy atom. The van der Waals surface area contributed by atoms with Crippen LogP contribution in [-0.2, 0) is 4.79 Å². The molecule has 4 rings (SSSR count). The highest BCUT2D eigenvalue weighted by Gasteiger charge is 2.50. The number of carbonyl (C=O) groups is 2. The van der Waals surface area contributed by atoms with Crippen molar-refractivity contribution in [2.45, 2.75) is 51.0 Å². The van der Waals surface area contributed by atoms with Gasteiger partial charge in [-0.15, -0.1) is 0 Å². The molecule has 1 heterocycles. The maximum absolute atomic E-state index is 13.5. The van der Waals surface area contributed by atoms with Crippen molar-refractivity contribution in [1.29, 1.82) is 0 Å². The third-order valence-electron chi connectivity index (χ3n) is 6.93. The molecule has 5 nitrogen and oxygen atoms in total. The molecule has 3 aromatic rings. The van der Waals surface area contributed by atoms with E-state index in [9.17, 15) is 14.0 Å². The third kappa shape index (κ3) is 5.00. The predicted octanol–water partition coefficient (Wildman–Crippen LogP) is 6.10. The summed E-state index contributed by atoms with van der Waals surface area (Å²) in [6.45, 7) is 10.9. The fourth-order valence-corrected chi connectivity index (χ4v) is 4.89. The number of rotatable bonds is 6. The molecule has 0 radical (unpaired) electrons. The van der Waals surface area contributed by atoms with Crippen molar-refractivity contribution in [2.24, 2.45) is 0 Å². The molecular weight excluding hydrogens is 459 g/mol. The van der Waals surface area contributed by atoms with E-state index in [1.807, 2.05) is 30.3 Å². The van der Waals surface area contributed by atoms with E-state index in [4.69, 9.17) is 4.43 Å². The van der Waals surface area contributed by atoms with Crippen molar-refractivity contribution >= 4 is 25.8 Å². The second kappa shape index (κ2) is 9.30. The van der Waals surface area contributed by atoms with Crippen LogP contribution in [0.3, 0.4) is 0 Å². The van der Waals surface area contributed by atoms with Gasteiger partial charge in [0.05, 0.1) is 6.04 Å². The number of hydrogen-bond acceptors (Lipinski definition) is 3. The molecule has 1 saturated heterocycles. The van der Waals surface area contributed by atoms with Crippen LogP contribution in [0, 0.1) is 5.82 Å². The van der Waals surface area contributed by atoms with Crippen LogP contribution in [0.4, 0.5) is 10.1 Å². The summed E-state index contributed by atoms with van der Waals surface area (Å²) in [4.78, 5) is 27.6. The number of amides is 2. The Labute approximate surface area is 207 Å². The van der Waals surface area contributed by atoms with Gasteiger partial charge >= 0.3 is 0 Å². The minimum atomic E-state index is -2.00. The molecule has 0 spiro atoms. The summed E-state index contributed by atoms with van der Waals surface area (Å²) in [5.74, 6) is -0.151. The van der Waals surface area contributed by atoms with E-state index in [1.54, 1.807) is 41.3 Å². The van der Waals surface area contributed by atoms with Crippen LogP contribution in [0.15, 0.2) is 78.9 Å². The molecule has 0 bridgehead atoms. The number of β-lactam (4-membered cyclic amide) rings is 1. The number of nitrogens with one attached hydrogen (secondary N) is 1. The van der Waals surface area contributed by atoms with E-state index < -0.39 is 20.4 Å². The summed E-state index contributed by atoms with van der Waals surface area (Å²) >= 11 is 0. The standard InChI is InChI=1S/C28H31FN2O3Si/c1-28(2,3)35(4,5)34-23-17-11-19(12-18-23)25-24(30-26(32)20-9-7-6-8-10-20)27(33)31(25)22-15-13-21(29)14-16-22/h6-18,24-25H,1-5H3,(H,30,32)/t24-,25-/m1/s1. The Hall–Kier alpha value is -3.45. The van der Waals surface area contributed by atoms with E-state index in [0.29, 0.717) is 11.3 Å². The Balaban J connectivity index is 1.62. The van der Waals surface area contributed by atoms with Crippen LogP contribution in [-0.4, -0.2) is 26.2 Å². The highest BCUT2D eigenvalue weighted by molar-refractivity contribution is 6.74. The number of anilines is 1. The van der Waals surface area contributed by atoms with Crippen molar-refractivity contribution in [1.82, 2.24) is 5.32 Å². The molecule has 0 unspecified atom stereocenters. The minimum Gasteiger partial charge on any atom is -0.544 e. The Morgan fingerprint density at radius 3 is 2.11 bits per heavy atom. The third-order valence-corrected chi connectivity index (χ3v) is 11.3. The van der Waals surface area contributed by atoms with Crippen molar-refractivity contribution in [2.75, 3.05) is 4.90 Å². The molecule has 1 fully saturated rings. The fourth-order valence-electron chi connectivity index (χ4n) is 3.86. The minimum absolute atomic E-state index is 0.0677. The maximum atomic E-state index is 13.5. The summed E-state index contributed by atoms with van der Waals surface area (Å²) in [5, 5.41) is 2.95. The molecule has 1 N–H and O–H groups in total. The first kappa shape index (κ1) is 24.7. The normalized spacial score (nSPS) is 18.1. The van der Waals surface area contributed by atoms with Crippen LogP contribution < -0.4 is 14.6 Å². The van der Waals surface area contributed by atoms with Gasteiger partial charge in [-0.25, -0.2) is 4.39 Å². The molecule has 0 aromatic heterocycles. The lowest BCUT2D eigenvalue weighted by Crippen LogP contribution is -2.66. The van der Waals surface area contributed by atoms with Crippen LogP contribution >= 0.6 is 0 Å². The summed E-state index contributed by atoms with van der Waals surface area (Å²) in [6.07, 6.45) is 0. The van der Waals surface area contributed by atoms with Crippen molar-refractivity contribution in [3.8, 4) is 5.75 Å². The zero-order valence-corrected chi connectivity index (χ0v) is 21.7.